The summed E-state index contributed by atoms with van der Waals surface area (Å²) >= 11 is 0. The number of likely N-dealkylation sites (tertiary alicyclic amines) is 2. The van der Waals surface area contributed by atoms with E-state index in [4.69, 9.17) is 14.2 Å². The first-order valence-electron chi connectivity index (χ1n) is 18.2. The zero-order valence-electron chi connectivity index (χ0n) is 29.5. The fraction of sp³-hybridized carbons (Fsp3) is 0.357. The molecule has 0 saturated carbocycles. The van der Waals surface area contributed by atoms with Gasteiger partial charge < -0.3 is 29.7 Å². The van der Waals surface area contributed by atoms with Crippen molar-refractivity contribution in [1.82, 2.24) is 15.1 Å². The highest BCUT2D eigenvalue weighted by atomic mass is 16.7. The summed E-state index contributed by atoms with van der Waals surface area (Å²) in [7, 11) is 0. The second-order valence-electron chi connectivity index (χ2n) is 13.9. The van der Waals surface area contributed by atoms with Crippen LogP contribution in [-0.4, -0.2) is 75.8 Å². The highest BCUT2D eigenvalue weighted by Gasteiger charge is 2.40. The van der Waals surface area contributed by atoms with Gasteiger partial charge in [-0.05, 0) is 52.8 Å². The van der Waals surface area contributed by atoms with E-state index in [2.05, 4.69) is 10.2 Å². The fourth-order valence-electron chi connectivity index (χ4n) is 7.44. The Morgan fingerprint density at radius 1 is 0.849 bits per heavy atom. The minimum atomic E-state index is -0.993. The molecule has 11 nitrogen and oxygen atoms in total. The van der Waals surface area contributed by atoms with Gasteiger partial charge in [0.1, 0.15) is 12.6 Å². The van der Waals surface area contributed by atoms with E-state index < -0.39 is 24.3 Å². The lowest BCUT2D eigenvalue weighted by Crippen LogP contribution is -2.42. The molecule has 4 aromatic rings. The molecule has 53 heavy (non-hydrogen) atoms. The molecule has 0 bridgehead atoms. The maximum Gasteiger partial charge on any atom is 0.408 e. The second-order valence-corrected chi connectivity index (χ2v) is 13.9. The molecule has 3 heterocycles. The summed E-state index contributed by atoms with van der Waals surface area (Å²) in [5, 5.41) is 22.0. The van der Waals surface area contributed by atoms with Crippen LogP contribution in [0.3, 0.4) is 0 Å². The molecule has 7 rings (SSSR count). The number of aliphatic hydroxyl groups excluding tert-OH is 2. The maximum atomic E-state index is 13.3. The van der Waals surface area contributed by atoms with Crippen molar-refractivity contribution in [2.75, 3.05) is 19.7 Å². The minimum Gasteiger partial charge on any atom is -0.445 e. The first-order valence-corrected chi connectivity index (χ1v) is 18.2. The van der Waals surface area contributed by atoms with Crippen LogP contribution in [-0.2, 0) is 43.6 Å². The largest absolute Gasteiger partial charge is 0.445 e. The number of carbonyl (C=O) groups excluding carboxylic acids is 3. The van der Waals surface area contributed by atoms with Gasteiger partial charge in [-0.2, -0.15) is 0 Å². The Hall–Kier alpha value is -4.91. The number of rotatable bonds is 12. The number of hydrogen-bond donors (Lipinski definition) is 3. The van der Waals surface area contributed by atoms with Crippen LogP contribution in [0.4, 0.5) is 4.79 Å². The van der Waals surface area contributed by atoms with Crippen LogP contribution >= 0.6 is 0 Å². The van der Waals surface area contributed by atoms with Gasteiger partial charge in [-0.3, -0.25) is 19.4 Å². The normalized spacial score (nSPS) is 23.4. The van der Waals surface area contributed by atoms with Crippen molar-refractivity contribution in [2.24, 2.45) is 0 Å². The molecule has 0 aliphatic carbocycles. The van der Waals surface area contributed by atoms with Gasteiger partial charge in [-0.1, -0.05) is 103 Å². The van der Waals surface area contributed by atoms with E-state index in [0.29, 0.717) is 13.0 Å². The molecule has 3 amide bonds. The zero-order chi connectivity index (χ0) is 36.7. The summed E-state index contributed by atoms with van der Waals surface area (Å²) in [4.78, 5) is 42.3. The van der Waals surface area contributed by atoms with Crippen LogP contribution < -0.4 is 5.32 Å². The monoisotopic (exact) mass is 719 g/mol. The van der Waals surface area contributed by atoms with E-state index in [1.54, 1.807) is 0 Å². The van der Waals surface area contributed by atoms with Crippen molar-refractivity contribution >= 4 is 17.9 Å². The van der Waals surface area contributed by atoms with Crippen molar-refractivity contribution < 1.29 is 38.8 Å². The van der Waals surface area contributed by atoms with Gasteiger partial charge in [0, 0.05) is 24.6 Å². The Kier molecular flexibility index (Phi) is 11.6. The van der Waals surface area contributed by atoms with Gasteiger partial charge in [-0.15, -0.1) is 0 Å². The predicted molar refractivity (Wildman–Crippen MR) is 196 cm³/mol. The third kappa shape index (κ3) is 8.67. The molecule has 0 radical (unpaired) electrons. The lowest BCUT2D eigenvalue weighted by Gasteiger charge is -2.38. The molecular formula is C42H45N3O8. The van der Waals surface area contributed by atoms with Crippen LogP contribution in [0, 0.1) is 0 Å². The standard InChI is InChI=1S/C42H45N3O8/c46-25-28-12-14-31(15-13-28)38-21-35(24-44-20-6-10-34(44)26-47)52-41(53-38)32-18-16-30(17-19-32)36-11-5-4-9-33(36)23-45-39(48)22-37(40(45)49)43-42(50)51-27-29-7-2-1-3-8-29/h1-5,7-9,11-19,34-35,37-38,41,46-47H,6,10,20-27H2,(H,43,50). The van der Waals surface area contributed by atoms with Crippen LogP contribution in [0.5, 0.6) is 0 Å². The number of nitrogens with zero attached hydrogens (tertiary/aromatic N) is 2. The fourth-order valence-corrected chi connectivity index (χ4v) is 7.44. The van der Waals surface area contributed by atoms with Gasteiger partial charge in [0.05, 0.1) is 38.4 Å². The van der Waals surface area contributed by atoms with E-state index in [1.165, 1.54) is 4.90 Å². The highest BCUT2D eigenvalue weighted by Crippen LogP contribution is 2.39. The maximum absolute atomic E-state index is 13.3. The topological polar surface area (TPSA) is 138 Å². The summed E-state index contributed by atoms with van der Waals surface area (Å²) in [6.07, 6.45) is 0.825. The van der Waals surface area contributed by atoms with Crippen molar-refractivity contribution in [3.05, 3.63) is 131 Å². The first kappa shape index (κ1) is 36.4. The first-order chi connectivity index (χ1) is 25.9. The smallest absolute Gasteiger partial charge is 0.408 e. The third-order valence-electron chi connectivity index (χ3n) is 10.4. The molecule has 0 aromatic heterocycles. The molecule has 11 heteroatoms. The number of hydrogen-bond acceptors (Lipinski definition) is 9. The molecule has 3 saturated heterocycles. The molecule has 3 aliphatic rings. The number of nitrogens with one attached hydrogen (secondary N) is 1. The molecule has 3 aliphatic heterocycles. The van der Waals surface area contributed by atoms with Crippen LogP contribution in [0.1, 0.15) is 65.9 Å². The molecule has 4 aromatic carbocycles. The van der Waals surface area contributed by atoms with Gasteiger partial charge in [0.25, 0.3) is 5.91 Å². The van der Waals surface area contributed by atoms with Gasteiger partial charge in [-0.25, -0.2) is 4.79 Å². The molecule has 276 valence electrons. The third-order valence-corrected chi connectivity index (χ3v) is 10.4. The average Bonchev–Trinajstić information content (AvgIpc) is 3.76. The van der Waals surface area contributed by atoms with E-state index in [9.17, 15) is 24.6 Å². The minimum absolute atomic E-state index is 0.0263. The summed E-state index contributed by atoms with van der Waals surface area (Å²) in [6, 6.07) is 31.7. The summed E-state index contributed by atoms with van der Waals surface area (Å²) in [5.41, 5.74) is 6.07. The predicted octanol–water partition coefficient (Wildman–Crippen LogP) is 5.40. The molecular weight excluding hydrogens is 674 g/mol. The number of benzene rings is 4. The quantitative estimate of drug-likeness (QED) is 0.164. The molecule has 3 fully saturated rings. The van der Waals surface area contributed by atoms with E-state index >= 15 is 0 Å². The van der Waals surface area contributed by atoms with Crippen molar-refractivity contribution in [1.29, 1.82) is 0 Å². The Balaban J connectivity index is 1.03. The summed E-state index contributed by atoms with van der Waals surface area (Å²) < 4.78 is 18.4. The van der Waals surface area contributed by atoms with E-state index in [1.807, 2.05) is 103 Å². The van der Waals surface area contributed by atoms with Gasteiger partial charge in [0.15, 0.2) is 6.29 Å². The number of imide groups is 1. The number of amides is 3. The summed E-state index contributed by atoms with van der Waals surface area (Å²) in [6.45, 7) is 1.84. The molecule has 3 N–H and O–H groups in total. The lowest BCUT2D eigenvalue weighted by molar-refractivity contribution is -0.253. The van der Waals surface area contributed by atoms with Crippen molar-refractivity contribution in [2.45, 2.75) is 76.0 Å². The number of ether oxygens (including phenoxy) is 3. The Morgan fingerprint density at radius 3 is 2.34 bits per heavy atom. The van der Waals surface area contributed by atoms with Gasteiger partial charge in [0.2, 0.25) is 5.91 Å². The zero-order valence-corrected chi connectivity index (χ0v) is 29.5. The number of carbonyl (C=O) groups is 3. The SMILES string of the molecule is O=C(NC1CC(=O)N(Cc2ccccc2-c2ccc(C3OC(CN4CCCC4CO)CC(c4ccc(CO)cc4)O3)cc2)C1=O)OCc1ccccc1. The second kappa shape index (κ2) is 16.8. The van der Waals surface area contributed by atoms with Crippen LogP contribution in [0.15, 0.2) is 103 Å². The Morgan fingerprint density at radius 2 is 1.58 bits per heavy atom. The lowest BCUT2D eigenvalue weighted by atomic mass is 9.97. The average molecular weight is 720 g/mol. The highest BCUT2D eigenvalue weighted by molar-refractivity contribution is 6.06. The molecule has 5 atom stereocenters. The van der Waals surface area contributed by atoms with E-state index in [0.717, 1.165) is 58.3 Å². The van der Waals surface area contributed by atoms with E-state index in [-0.39, 0.29) is 56.9 Å². The molecule has 0 spiro atoms. The Bertz CT molecular complexity index is 1870. The molecule has 5 unspecified atom stereocenters. The summed E-state index contributed by atoms with van der Waals surface area (Å²) in [5.74, 6) is -0.841. The van der Waals surface area contributed by atoms with Crippen molar-refractivity contribution in [3.8, 4) is 11.1 Å². The van der Waals surface area contributed by atoms with Crippen LogP contribution in [0.2, 0.25) is 0 Å². The number of alkyl carbamates (subject to hydrolysis) is 1. The Labute approximate surface area is 309 Å². The number of aliphatic hydroxyl groups is 2. The van der Waals surface area contributed by atoms with Gasteiger partial charge >= 0.3 is 6.09 Å². The van der Waals surface area contributed by atoms with Crippen molar-refractivity contribution in [3.63, 3.8) is 0 Å². The van der Waals surface area contributed by atoms with Crippen LogP contribution in [0.25, 0.3) is 11.1 Å².